The summed E-state index contributed by atoms with van der Waals surface area (Å²) in [5.41, 5.74) is 3.87. The Morgan fingerprint density at radius 1 is 1.17 bits per heavy atom. The third-order valence-corrected chi connectivity index (χ3v) is 4.39. The van der Waals surface area contributed by atoms with E-state index in [4.69, 9.17) is 4.74 Å². The van der Waals surface area contributed by atoms with Crippen LogP contribution in [0, 0.1) is 0 Å². The maximum Gasteiger partial charge on any atom is 0.224 e. The topological polar surface area (TPSA) is 51.2 Å². The monoisotopic (exact) mass is 338 g/mol. The van der Waals surface area contributed by atoms with E-state index in [0.29, 0.717) is 6.54 Å². The number of thiophene rings is 1. The van der Waals surface area contributed by atoms with Gasteiger partial charge in [0.25, 0.3) is 0 Å². The lowest BCUT2D eigenvalue weighted by Gasteiger charge is -2.10. The van der Waals surface area contributed by atoms with Crippen LogP contribution < -0.4 is 10.1 Å². The van der Waals surface area contributed by atoms with Crippen molar-refractivity contribution in [2.45, 2.75) is 13.0 Å². The zero-order valence-corrected chi connectivity index (χ0v) is 14.2. The summed E-state index contributed by atoms with van der Waals surface area (Å²) >= 11 is 1.63. The first kappa shape index (κ1) is 16.2. The highest BCUT2D eigenvalue weighted by molar-refractivity contribution is 7.08. The van der Waals surface area contributed by atoms with Crippen molar-refractivity contribution in [1.82, 2.24) is 10.3 Å². The van der Waals surface area contributed by atoms with E-state index in [2.05, 4.69) is 15.7 Å². The fourth-order valence-corrected chi connectivity index (χ4v) is 3.16. The smallest absolute Gasteiger partial charge is 0.224 e. The van der Waals surface area contributed by atoms with Crippen LogP contribution in [-0.2, 0) is 17.8 Å². The van der Waals surface area contributed by atoms with Crippen LogP contribution in [0.1, 0.15) is 11.1 Å². The van der Waals surface area contributed by atoms with Gasteiger partial charge in [-0.05, 0) is 29.1 Å². The van der Waals surface area contributed by atoms with Crippen molar-refractivity contribution in [2.75, 3.05) is 7.11 Å². The number of nitrogens with one attached hydrogen (secondary N) is 1. The van der Waals surface area contributed by atoms with Crippen LogP contribution in [0.3, 0.4) is 0 Å². The Hall–Kier alpha value is -2.66. The molecule has 1 N–H and O–H groups in total. The number of amides is 1. The number of methoxy groups -OCH3 is 1. The number of nitrogens with zero attached hydrogens (tertiary/aromatic N) is 1. The van der Waals surface area contributed by atoms with Gasteiger partial charge in [-0.2, -0.15) is 11.3 Å². The first-order valence-corrected chi connectivity index (χ1v) is 8.57. The summed E-state index contributed by atoms with van der Waals surface area (Å²) in [5, 5.41) is 7.05. The second-order valence-electron chi connectivity index (χ2n) is 5.29. The Morgan fingerprint density at radius 2 is 2.00 bits per heavy atom. The molecule has 0 fully saturated rings. The van der Waals surface area contributed by atoms with E-state index in [1.165, 1.54) is 0 Å². The predicted molar refractivity (Wildman–Crippen MR) is 96.1 cm³/mol. The molecule has 1 amide bonds. The third-order valence-electron chi connectivity index (χ3n) is 3.71. The van der Waals surface area contributed by atoms with E-state index in [-0.39, 0.29) is 12.3 Å². The van der Waals surface area contributed by atoms with Crippen molar-refractivity contribution in [3.8, 4) is 17.0 Å². The normalized spacial score (nSPS) is 10.4. The van der Waals surface area contributed by atoms with Crippen LogP contribution in [0.4, 0.5) is 0 Å². The molecular formula is C19H18N2O2S. The van der Waals surface area contributed by atoms with E-state index in [1.807, 2.05) is 47.8 Å². The zero-order valence-electron chi connectivity index (χ0n) is 13.4. The fraction of sp³-hybridized carbons (Fsp3) is 0.158. The van der Waals surface area contributed by atoms with Crippen LogP contribution in [0.2, 0.25) is 0 Å². The molecule has 0 saturated heterocycles. The summed E-state index contributed by atoms with van der Waals surface area (Å²) in [4.78, 5) is 16.7. The molecule has 24 heavy (non-hydrogen) atoms. The van der Waals surface area contributed by atoms with Crippen LogP contribution in [0.15, 0.2) is 59.4 Å². The lowest BCUT2D eigenvalue weighted by Crippen LogP contribution is -2.25. The standard InChI is InChI=1S/C19H18N2O2S/c1-23-17-7-3-2-5-14(17)11-18(22)21-12-15-6-4-9-20-19(15)16-8-10-24-13-16/h2-10,13H,11-12H2,1H3,(H,21,22). The largest absolute Gasteiger partial charge is 0.496 e. The lowest BCUT2D eigenvalue weighted by molar-refractivity contribution is -0.120. The highest BCUT2D eigenvalue weighted by Crippen LogP contribution is 2.23. The van der Waals surface area contributed by atoms with E-state index in [9.17, 15) is 4.79 Å². The van der Waals surface area contributed by atoms with Crippen molar-refractivity contribution in [3.05, 3.63) is 70.5 Å². The summed E-state index contributed by atoms with van der Waals surface area (Å²) in [7, 11) is 1.61. The molecule has 4 nitrogen and oxygen atoms in total. The molecule has 3 aromatic rings. The number of hydrogen-bond acceptors (Lipinski definition) is 4. The van der Waals surface area contributed by atoms with E-state index in [1.54, 1.807) is 24.6 Å². The van der Waals surface area contributed by atoms with Gasteiger partial charge in [-0.15, -0.1) is 0 Å². The first-order chi connectivity index (χ1) is 11.8. The van der Waals surface area contributed by atoms with Crippen LogP contribution >= 0.6 is 11.3 Å². The Bertz CT molecular complexity index is 816. The SMILES string of the molecule is COc1ccccc1CC(=O)NCc1cccnc1-c1ccsc1. The fourth-order valence-electron chi connectivity index (χ4n) is 2.52. The molecule has 0 aliphatic heterocycles. The molecule has 2 aromatic heterocycles. The lowest BCUT2D eigenvalue weighted by atomic mass is 10.1. The van der Waals surface area contributed by atoms with Gasteiger partial charge in [0.2, 0.25) is 5.91 Å². The maximum absolute atomic E-state index is 12.3. The van der Waals surface area contributed by atoms with E-state index in [0.717, 1.165) is 28.1 Å². The van der Waals surface area contributed by atoms with E-state index >= 15 is 0 Å². The van der Waals surface area contributed by atoms with Gasteiger partial charge < -0.3 is 10.1 Å². The molecule has 122 valence electrons. The van der Waals surface area contributed by atoms with Crippen molar-refractivity contribution >= 4 is 17.2 Å². The van der Waals surface area contributed by atoms with Gasteiger partial charge in [0.05, 0.1) is 19.2 Å². The Kier molecular flexibility index (Phi) is 5.23. The Balaban J connectivity index is 1.67. The number of pyridine rings is 1. The molecule has 2 heterocycles. The minimum absolute atomic E-state index is 0.0420. The number of carbonyl (C=O) groups is 1. The number of para-hydroxylation sites is 1. The van der Waals surface area contributed by atoms with Gasteiger partial charge in [0.1, 0.15) is 5.75 Å². The summed E-state index contributed by atoms with van der Waals surface area (Å²) in [6, 6.07) is 13.5. The maximum atomic E-state index is 12.3. The van der Waals surface area contributed by atoms with Gasteiger partial charge in [0.15, 0.2) is 0 Å². The minimum atomic E-state index is -0.0420. The number of benzene rings is 1. The predicted octanol–water partition coefficient (Wildman–Crippen LogP) is 3.68. The van der Waals surface area contributed by atoms with Crippen LogP contribution in [-0.4, -0.2) is 18.0 Å². The average Bonchev–Trinajstić information content (AvgIpc) is 3.15. The Morgan fingerprint density at radius 3 is 2.79 bits per heavy atom. The molecule has 0 spiro atoms. The van der Waals surface area contributed by atoms with Gasteiger partial charge in [-0.3, -0.25) is 9.78 Å². The third kappa shape index (κ3) is 3.81. The molecule has 0 bridgehead atoms. The number of aromatic nitrogens is 1. The number of rotatable bonds is 6. The molecule has 1 aromatic carbocycles. The Labute approximate surface area is 145 Å². The summed E-state index contributed by atoms with van der Waals surface area (Å²) in [6.07, 6.45) is 2.06. The van der Waals surface area contributed by atoms with Gasteiger partial charge in [-0.25, -0.2) is 0 Å². The molecule has 0 aliphatic rings. The minimum Gasteiger partial charge on any atom is -0.496 e. The van der Waals surface area contributed by atoms with Crippen molar-refractivity contribution in [2.24, 2.45) is 0 Å². The van der Waals surface area contributed by atoms with Gasteiger partial charge >= 0.3 is 0 Å². The van der Waals surface area contributed by atoms with Gasteiger partial charge in [0, 0.05) is 29.2 Å². The van der Waals surface area contributed by atoms with Crippen LogP contribution in [0.25, 0.3) is 11.3 Å². The first-order valence-electron chi connectivity index (χ1n) is 7.63. The average molecular weight is 338 g/mol. The van der Waals surface area contributed by atoms with E-state index < -0.39 is 0 Å². The summed E-state index contributed by atoms with van der Waals surface area (Å²) in [5.74, 6) is 0.688. The van der Waals surface area contributed by atoms with Crippen molar-refractivity contribution < 1.29 is 9.53 Å². The zero-order chi connectivity index (χ0) is 16.8. The molecular weight excluding hydrogens is 320 g/mol. The molecule has 0 radical (unpaired) electrons. The molecule has 0 atom stereocenters. The highest BCUT2D eigenvalue weighted by atomic mass is 32.1. The molecule has 5 heteroatoms. The number of ether oxygens (including phenoxy) is 1. The summed E-state index contributed by atoms with van der Waals surface area (Å²) in [6.45, 7) is 0.451. The highest BCUT2D eigenvalue weighted by Gasteiger charge is 2.10. The molecule has 0 aliphatic carbocycles. The molecule has 3 rings (SSSR count). The summed E-state index contributed by atoms with van der Waals surface area (Å²) < 4.78 is 5.29. The van der Waals surface area contributed by atoms with Crippen molar-refractivity contribution in [1.29, 1.82) is 0 Å². The quantitative estimate of drug-likeness (QED) is 0.746. The van der Waals surface area contributed by atoms with Gasteiger partial charge in [-0.1, -0.05) is 24.3 Å². The second-order valence-corrected chi connectivity index (χ2v) is 6.07. The second kappa shape index (κ2) is 7.75. The number of carbonyl (C=O) groups excluding carboxylic acids is 1. The van der Waals surface area contributed by atoms with Crippen LogP contribution in [0.5, 0.6) is 5.75 Å². The van der Waals surface area contributed by atoms with Crippen molar-refractivity contribution in [3.63, 3.8) is 0 Å². The molecule has 0 unspecified atom stereocenters. The number of hydrogen-bond donors (Lipinski definition) is 1. The molecule has 0 saturated carbocycles.